The summed E-state index contributed by atoms with van der Waals surface area (Å²) in [5.74, 6) is -2.48. The van der Waals surface area contributed by atoms with E-state index < -0.39 is 33.0 Å². The fourth-order valence-corrected chi connectivity index (χ4v) is 3.36. The third-order valence-corrected chi connectivity index (χ3v) is 4.78. The fourth-order valence-electron chi connectivity index (χ4n) is 1.75. The van der Waals surface area contributed by atoms with Crippen LogP contribution in [0.1, 0.15) is 27.7 Å². The highest BCUT2D eigenvalue weighted by Crippen LogP contribution is 2.17. The number of sulfone groups is 1. The van der Waals surface area contributed by atoms with Gasteiger partial charge in [0.05, 0.1) is 17.6 Å². The first-order valence-electron chi connectivity index (χ1n) is 6.73. The van der Waals surface area contributed by atoms with E-state index in [0.717, 1.165) is 0 Å². The summed E-state index contributed by atoms with van der Waals surface area (Å²) in [6.07, 6.45) is 2.62. The van der Waals surface area contributed by atoms with Crippen molar-refractivity contribution in [3.8, 4) is 0 Å². The van der Waals surface area contributed by atoms with Crippen molar-refractivity contribution in [3.05, 3.63) is 12.4 Å². The molecule has 1 amide bonds. The van der Waals surface area contributed by atoms with Crippen LogP contribution in [-0.2, 0) is 25.0 Å². The van der Waals surface area contributed by atoms with E-state index in [2.05, 4.69) is 10.4 Å². The molecule has 22 heavy (non-hydrogen) atoms. The summed E-state index contributed by atoms with van der Waals surface area (Å²) in [6.45, 7) is 6.43. The zero-order chi connectivity index (χ0) is 17.1. The van der Waals surface area contributed by atoms with Gasteiger partial charge in [-0.3, -0.25) is 9.48 Å². The van der Waals surface area contributed by atoms with Gasteiger partial charge in [-0.2, -0.15) is 5.10 Å². The Morgan fingerprint density at radius 2 is 2.00 bits per heavy atom. The van der Waals surface area contributed by atoms with Crippen molar-refractivity contribution in [2.45, 2.75) is 33.2 Å². The second-order valence-corrected chi connectivity index (χ2v) is 8.14. The average Bonchev–Trinajstić information content (AvgIpc) is 2.74. The third kappa shape index (κ3) is 4.83. The largest absolute Gasteiger partial charge is 0.479 e. The van der Waals surface area contributed by atoms with Crippen LogP contribution < -0.4 is 5.32 Å². The summed E-state index contributed by atoms with van der Waals surface area (Å²) >= 11 is 0. The quantitative estimate of drug-likeness (QED) is 0.759. The van der Waals surface area contributed by atoms with Gasteiger partial charge in [-0.15, -0.1) is 0 Å². The molecular weight excluding hydrogens is 310 g/mol. The van der Waals surface area contributed by atoms with Gasteiger partial charge in [0.1, 0.15) is 5.75 Å². The van der Waals surface area contributed by atoms with E-state index in [9.17, 15) is 18.0 Å². The van der Waals surface area contributed by atoms with Crippen molar-refractivity contribution in [2.75, 3.05) is 16.8 Å². The Labute approximate surface area is 129 Å². The van der Waals surface area contributed by atoms with Crippen molar-refractivity contribution < 1.29 is 23.1 Å². The first-order valence-corrected chi connectivity index (χ1v) is 8.55. The van der Waals surface area contributed by atoms with Crippen LogP contribution in [0.5, 0.6) is 0 Å². The molecule has 8 nitrogen and oxygen atoms in total. The second-order valence-electron chi connectivity index (χ2n) is 6.03. The van der Waals surface area contributed by atoms with E-state index in [0.29, 0.717) is 0 Å². The van der Waals surface area contributed by atoms with E-state index in [4.69, 9.17) is 5.11 Å². The monoisotopic (exact) mass is 331 g/mol. The first kappa shape index (κ1) is 18.1. The third-order valence-electron chi connectivity index (χ3n) is 2.90. The zero-order valence-corrected chi connectivity index (χ0v) is 13.8. The normalized spacial score (nSPS) is 12.4. The molecule has 0 bridgehead atoms. The number of carbonyl (C=O) groups is 2. The Bertz CT molecular complexity index is 661. The lowest BCUT2D eigenvalue weighted by Gasteiger charge is -2.19. The lowest BCUT2D eigenvalue weighted by molar-refractivity contribution is -0.146. The Morgan fingerprint density at radius 3 is 2.50 bits per heavy atom. The summed E-state index contributed by atoms with van der Waals surface area (Å²) in [5.41, 5.74) is -1.02. The summed E-state index contributed by atoms with van der Waals surface area (Å²) in [4.78, 5) is 22.9. The molecule has 0 aliphatic heterocycles. The molecule has 1 heterocycles. The molecule has 0 unspecified atom stereocenters. The first-order chi connectivity index (χ1) is 9.94. The highest BCUT2D eigenvalue weighted by atomic mass is 32.2. The topological polar surface area (TPSA) is 118 Å². The van der Waals surface area contributed by atoms with Gasteiger partial charge in [0.15, 0.2) is 15.4 Å². The molecule has 0 saturated heterocycles. The predicted molar refractivity (Wildman–Crippen MR) is 81.3 cm³/mol. The number of carbonyl (C=O) groups excluding carboxylic acids is 1. The number of carboxylic acids is 1. The minimum absolute atomic E-state index is 0.0584. The Balaban J connectivity index is 2.75. The van der Waals surface area contributed by atoms with Gasteiger partial charge < -0.3 is 10.4 Å². The van der Waals surface area contributed by atoms with E-state index >= 15 is 0 Å². The number of hydrogen-bond acceptors (Lipinski definition) is 5. The van der Waals surface area contributed by atoms with Crippen LogP contribution in [0.25, 0.3) is 0 Å². The average molecular weight is 331 g/mol. The van der Waals surface area contributed by atoms with E-state index in [1.54, 1.807) is 13.8 Å². The van der Waals surface area contributed by atoms with Gasteiger partial charge in [0, 0.05) is 6.20 Å². The maximum atomic E-state index is 11.8. The van der Waals surface area contributed by atoms with Crippen LogP contribution in [0.2, 0.25) is 0 Å². The number of carboxylic acid groups (broad SMARTS) is 1. The van der Waals surface area contributed by atoms with Gasteiger partial charge in [-0.05, 0) is 19.8 Å². The molecule has 124 valence electrons. The van der Waals surface area contributed by atoms with Crippen molar-refractivity contribution in [1.82, 2.24) is 9.78 Å². The fraction of sp³-hybridized carbons (Fsp3) is 0.615. The second kappa shape index (κ2) is 6.47. The van der Waals surface area contributed by atoms with E-state index in [1.165, 1.54) is 30.9 Å². The summed E-state index contributed by atoms with van der Waals surface area (Å²) in [6, 6.07) is 0. The smallest absolute Gasteiger partial charge is 0.331 e. The molecule has 1 rings (SSSR count). The van der Waals surface area contributed by atoms with Crippen molar-refractivity contribution in [2.24, 2.45) is 5.92 Å². The predicted octanol–water partition coefficient (Wildman–Crippen LogP) is 0.712. The SMILES string of the molecule is CC(C)CS(=O)(=O)CC(=O)Nc1cnn(C(C)(C)C(=O)O)c1. The highest BCUT2D eigenvalue weighted by molar-refractivity contribution is 7.92. The maximum absolute atomic E-state index is 11.8. The van der Waals surface area contributed by atoms with E-state index in [1.807, 2.05) is 0 Å². The molecule has 0 atom stereocenters. The van der Waals surface area contributed by atoms with Crippen molar-refractivity contribution >= 4 is 27.4 Å². The molecule has 0 aliphatic carbocycles. The number of aliphatic carboxylic acids is 1. The van der Waals surface area contributed by atoms with Crippen LogP contribution in [0.3, 0.4) is 0 Å². The van der Waals surface area contributed by atoms with Crippen LogP contribution >= 0.6 is 0 Å². The van der Waals surface area contributed by atoms with Crippen LogP contribution in [0.15, 0.2) is 12.4 Å². The summed E-state index contributed by atoms with van der Waals surface area (Å²) < 4.78 is 24.7. The summed E-state index contributed by atoms with van der Waals surface area (Å²) in [5, 5.41) is 15.4. The molecule has 0 spiro atoms. The number of nitrogens with one attached hydrogen (secondary N) is 1. The Hall–Kier alpha value is -1.90. The number of nitrogens with zero attached hydrogens (tertiary/aromatic N) is 2. The zero-order valence-electron chi connectivity index (χ0n) is 13.0. The number of aromatic nitrogens is 2. The van der Waals surface area contributed by atoms with Crippen LogP contribution in [0, 0.1) is 5.92 Å². The van der Waals surface area contributed by atoms with Crippen LogP contribution in [-0.4, -0.2) is 46.7 Å². The van der Waals surface area contributed by atoms with Crippen LogP contribution in [0.4, 0.5) is 5.69 Å². The molecule has 0 aromatic carbocycles. The Morgan fingerprint density at radius 1 is 1.41 bits per heavy atom. The minimum atomic E-state index is -3.47. The van der Waals surface area contributed by atoms with Gasteiger partial charge in [-0.25, -0.2) is 13.2 Å². The molecule has 1 aromatic heterocycles. The van der Waals surface area contributed by atoms with Crippen molar-refractivity contribution in [3.63, 3.8) is 0 Å². The standard InChI is InChI=1S/C13H21N3O5S/c1-9(2)7-22(20,21)8-11(17)15-10-5-14-16(6-10)13(3,4)12(18)19/h5-6,9H,7-8H2,1-4H3,(H,15,17)(H,18,19). The number of rotatable bonds is 7. The molecule has 0 saturated carbocycles. The molecule has 0 radical (unpaired) electrons. The lowest BCUT2D eigenvalue weighted by atomic mass is 10.1. The molecule has 9 heteroatoms. The lowest BCUT2D eigenvalue weighted by Crippen LogP contribution is -2.36. The molecule has 0 fully saturated rings. The minimum Gasteiger partial charge on any atom is -0.479 e. The highest BCUT2D eigenvalue weighted by Gasteiger charge is 2.30. The molecule has 0 aliphatic rings. The van der Waals surface area contributed by atoms with Gasteiger partial charge >= 0.3 is 5.97 Å². The molecule has 1 aromatic rings. The van der Waals surface area contributed by atoms with E-state index in [-0.39, 0.29) is 17.4 Å². The molecular formula is C13H21N3O5S. The number of hydrogen-bond donors (Lipinski definition) is 2. The van der Waals surface area contributed by atoms with Gasteiger partial charge in [-0.1, -0.05) is 13.8 Å². The number of anilines is 1. The maximum Gasteiger partial charge on any atom is 0.331 e. The number of amides is 1. The van der Waals surface area contributed by atoms with Gasteiger partial charge in [0.2, 0.25) is 5.91 Å². The van der Waals surface area contributed by atoms with Crippen molar-refractivity contribution in [1.29, 1.82) is 0 Å². The summed E-state index contributed by atoms with van der Waals surface area (Å²) in [7, 11) is -3.47. The Kier molecular flexibility index (Phi) is 5.34. The molecule has 2 N–H and O–H groups in total. The van der Waals surface area contributed by atoms with Gasteiger partial charge in [0.25, 0.3) is 0 Å².